The zero-order chi connectivity index (χ0) is 19.9. The maximum absolute atomic E-state index is 9.24. The third kappa shape index (κ3) is 4.40. The largest absolute Gasteiger partial charge is 0.399 e. The van der Waals surface area contributed by atoms with Crippen LogP contribution < -0.4 is 11.5 Å². The first kappa shape index (κ1) is 18.4. The van der Waals surface area contributed by atoms with Gasteiger partial charge in [-0.25, -0.2) is 9.97 Å². The van der Waals surface area contributed by atoms with Crippen molar-refractivity contribution in [3.8, 4) is 12.1 Å². The van der Waals surface area contributed by atoms with Crippen LogP contribution in [0.5, 0.6) is 0 Å². The standard InChI is InChI=1S/C22H16N6/c23-13-21-22(14-24)28-20(12-6-16-3-9-18(26)10-4-16)19(27-21)11-5-15-1-7-17(25)8-2-15/h1-12H,25-26H2/b11-5+,12-6+. The summed E-state index contributed by atoms with van der Waals surface area (Å²) in [6, 6.07) is 18.5. The smallest absolute Gasteiger partial charge is 0.177 e. The zero-order valence-corrected chi connectivity index (χ0v) is 14.9. The Morgan fingerprint density at radius 1 is 0.607 bits per heavy atom. The Morgan fingerprint density at radius 3 is 1.29 bits per heavy atom. The Morgan fingerprint density at radius 2 is 0.964 bits per heavy atom. The van der Waals surface area contributed by atoms with E-state index in [1.165, 1.54) is 0 Å². The van der Waals surface area contributed by atoms with E-state index in [4.69, 9.17) is 11.5 Å². The molecule has 28 heavy (non-hydrogen) atoms. The highest BCUT2D eigenvalue weighted by Gasteiger charge is 2.10. The normalized spacial score (nSPS) is 10.8. The van der Waals surface area contributed by atoms with Crippen LogP contribution in [0.25, 0.3) is 24.3 Å². The Labute approximate surface area is 162 Å². The van der Waals surface area contributed by atoms with E-state index in [0.29, 0.717) is 22.8 Å². The van der Waals surface area contributed by atoms with Crippen LogP contribution in [0.3, 0.4) is 0 Å². The van der Waals surface area contributed by atoms with Crippen LogP contribution in [0.15, 0.2) is 48.5 Å². The number of nitrogen functional groups attached to an aromatic ring is 2. The molecule has 0 aliphatic rings. The molecule has 1 heterocycles. The van der Waals surface area contributed by atoms with Crippen LogP contribution in [0.4, 0.5) is 11.4 Å². The number of aromatic nitrogens is 2. The van der Waals surface area contributed by atoms with Crippen LogP contribution >= 0.6 is 0 Å². The van der Waals surface area contributed by atoms with Crippen molar-refractivity contribution in [3.63, 3.8) is 0 Å². The lowest BCUT2D eigenvalue weighted by molar-refractivity contribution is 1.10. The lowest BCUT2D eigenvalue weighted by Crippen LogP contribution is -2.00. The van der Waals surface area contributed by atoms with Gasteiger partial charge in [0.05, 0.1) is 11.4 Å². The number of nitrogens with two attached hydrogens (primary N) is 2. The molecule has 0 aliphatic heterocycles. The van der Waals surface area contributed by atoms with Crippen molar-refractivity contribution in [2.75, 3.05) is 11.5 Å². The number of rotatable bonds is 4. The van der Waals surface area contributed by atoms with Gasteiger partial charge in [0.2, 0.25) is 0 Å². The van der Waals surface area contributed by atoms with E-state index in [2.05, 4.69) is 9.97 Å². The molecule has 3 aromatic rings. The van der Waals surface area contributed by atoms with Gasteiger partial charge >= 0.3 is 0 Å². The van der Waals surface area contributed by atoms with E-state index in [-0.39, 0.29) is 11.4 Å². The quantitative estimate of drug-likeness (QED) is 0.679. The van der Waals surface area contributed by atoms with Gasteiger partial charge in [-0.05, 0) is 47.5 Å². The van der Waals surface area contributed by atoms with Crippen molar-refractivity contribution in [1.82, 2.24) is 9.97 Å². The molecule has 4 N–H and O–H groups in total. The fourth-order valence-electron chi connectivity index (χ4n) is 2.43. The van der Waals surface area contributed by atoms with Gasteiger partial charge in [-0.15, -0.1) is 0 Å². The molecule has 0 saturated heterocycles. The van der Waals surface area contributed by atoms with E-state index in [0.717, 1.165) is 11.1 Å². The molecule has 2 aromatic carbocycles. The highest BCUT2D eigenvalue weighted by Crippen LogP contribution is 2.17. The summed E-state index contributed by atoms with van der Waals surface area (Å²) in [5, 5.41) is 18.5. The second-order valence-corrected chi connectivity index (χ2v) is 5.91. The number of nitrogens with zero attached hydrogens (tertiary/aromatic N) is 4. The number of hydrogen-bond acceptors (Lipinski definition) is 6. The minimum Gasteiger partial charge on any atom is -0.399 e. The summed E-state index contributed by atoms with van der Waals surface area (Å²) >= 11 is 0. The first-order valence-electron chi connectivity index (χ1n) is 8.38. The van der Waals surface area contributed by atoms with E-state index < -0.39 is 0 Å². The molecule has 0 bridgehead atoms. The average Bonchev–Trinajstić information content (AvgIpc) is 2.72. The van der Waals surface area contributed by atoms with Crippen LogP contribution in [0.2, 0.25) is 0 Å². The fourth-order valence-corrected chi connectivity index (χ4v) is 2.43. The molecule has 3 rings (SSSR count). The predicted octanol–water partition coefficient (Wildman–Crippen LogP) is 3.73. The first-order chi connectivity index (χ1) is 13.6. The SMILES string of the molecule is N#Cc1nc(/C=C/c2ccc(N)cc2)c(/C=C/c2ccc(N)cc2)nc1C#N. The molecule has 6 heteroatoms. The first-order valence-corrected chi connectivity index (χ1v) is 8.38. The molecular weight excluding hydrogens is 348 g/mol. The maximum Gasteiger partial charge on any atom is 0.177 e. The molecule has 134 valence electrons. The summed E-state index contributed by atoms with van der Waals surface area (Å²) in [4.78, 5) is 8.58. The molecule has 0 radical (unpaired) electrons. The summed E-state index contributed by atoms with van der Waals surface area (Å²) in [6.07, 6.45) is 7.20. The van der Waals surface area contributed by atoms with Crippen molar-refractivity contribution >= 4 is 35.7 Å². The molecule has 1 aromatic heterocycles. The number of nitriles is 2. The van der Waals surface area contributed by atoms with Gasteiger partial charge in [0.25, 0.3) is 0 Å². The lowest BCUT2D eigenvalue weighted by Gasteiger charge is -2.03. The van der Waals surface area contributed by atoms with Crippen molar-refractivity contribution in [2.45, 2.75) is 0 Å². The summed E-state index contributed by atoms with van der Waals surface area (Å²) in [5.74, 6) is 0. The molecule has 0 fully saturated rings. The predicted molar refractivity (Wildman–Crippen MR) is 111 cm³/mol. The molecule has 0 unspecified atom stereocenters. The second-order valence-electron chi connectivity index (χ2n) is 5.91. The van der Waals surface area contributed by atoms with Gasteiger partial charge in [-0.3, -0.25) is 0 Å². The molecule has 0 amide bonds. The molecule has 0 saturated carbocycles. The number of benzene rings is 2. The van der Waals surface area contributed by atoms with E-state index in [1.54, 1.807) is 36.4 Å². The van der Waals surface area contributed by atoms with Gasteiger partial charge in [-0.2, -0.15) is 10.5 Å². The van der Waals surface area contributed by atoms with Crippen molar-refractivity contribution in [2.24, 2.45) is 0 Å². The number of anilines is 2. The molecule has 0 aliphatic carbocycles. The minimum atomic E-state index is -0.0101. The minimum absolute atomic E-state index is 0.0101. The Hall–Kier alpha value is -4.42. The summed E-state index contributed by atoms with van der Waals surface area (Å²) in [6.45, 7) is 0. The molecule has 0 spiro atoms. The third-order valence-electron chi connectivity index (χ3n) is 3.90. The van der Waals surface area contributed by atoms with Gasteiger partial charge in [0.15, 0.2) is 11.4 Å². The van der Waals surface area contributed by atoms with Gasteiger partial charge in [-0.1, -0.05) is 36.4 Å². The van der Waals surface area contributed by atoms with Crippen LogP contribution in [0, 0.1) is 22.7 Å². The molecule has 6 nitrogen and oxygen atoms in total. The second kappa shape index (κ2) is 8.31. The topological polar surface area (TPSA) is 125 Å². The Bertz CT molecular complexity index is 1040. The maximum atomic E-state index is 9.24. The van der Waals surface area contributed by atoms with Crippen LogP contribution in [-0.2, 0) is 0 Å². The van der Waals surface area contributed by atoms with Gasteiger partial charge < -0.3 is 11.5 Å². The highest BCUT2D eigenvalue weighted by molar-refractivity contribution is 5.77. The van der Waals surface area contributed by atoms with E-state index in [9.17, 15) is 10.5 Å². The lowest BCUT2D eigenvalue weighted by atomic mass is 10.1. The third-order valence-corrected chi connectivity index (χ3v) is 3.90. The van der Waals surface area contributed by atoms with Gasteiger partial charge in [0, 0.05) is 11.4 Å². The summed E-state index contributed by atoms with van der Waals surface area (Å²) in [7, 11) is 0. The molecule has 0 atom stereocenters. The van der Waals surface area contributed by atoms with Crippen molar-refractivity contribution in [3.05, 3.63) is 82.4 Å². The Kier molecular flexibility index (Phi) is 5.45. The van der Waals surface area contributed by atoms with Gasteiger partial charge in [0.1, 0.15) is 12.1 Å². The zero-order valence-electron chi connectivity index (χ0n) is 14.9. The summed E-state index contributed by atoms with van der Waals surface area (Å²) < 4.78 is 0. The van der Waals surface area contributed by atoms with E-state index in [1.807, 2.05) is 48.6 Å². The van der Waals surface area contributed by atoms with Crippen LogP contribution in [0.1, 0.15) is 33.9 Å². The fraction of sp³-hybridized carbons (Fsp3) is 0. The van der Waals surface area contributed by atoms with Crippen molar-refractivity contribution in [1.29, 1.82) is 10.5 Å². The number of hydrogen-bond donors (Lipinski definition) is 2. The van der Waals surface area contributed by atoms with Crippen LogP contribution in [-0.4, -0.2) is 9.97 Å². The average molecular weight is 364 g/mol. The van der Waals surface area contributed by atoms with Crippen molar-refractivity contribution < 1.29 is 0 Å². The monoisotopic (exact) mass is 364 g/mol. The molecular formula is C22H16N6. The Balaban J connectivity index is 2.01. The highest BCUT2D eigenvalue weighted by atomic mass is 14.8. The van der Waals surface area contributed by atoms with E-state index >= 15 is 0 Å². The summed E-state index contributed by atoms with van der Waals surface area (Å²) in [5.41, 5.74) is 15.6.